The van der Waals surface area contributed by atoms with Crippen molar-refractivity contribution in [2.24, 2.45) is 0 Å². The first-order valence-corrected chi connectivity index (χ1v) is 13.2. The summed E-state index contributed by atoms with van der Waals surface area (Å²) in [5, 5.41) is 0. The van der Waals surface area contributed by atoms with Crippen LogP contribution in [0.3, 0.4) is 0 Å². The number of nitrogens with zero attached hydrogens (tertiary/aromatic N) is 2. The molecule has 0 atom stereocenters. The van der Waals surface area contributed by atoms with Crippen molar-refractivity contribution in [1.29, 1.82) is 0 Å². The van der Waals surface area contributed by atoms with Crippen molar-refractivity contribution in [1.82, 2.24) is 0 Å². The highest BCUT2D eigenvalue weighted by molar-refractivity contribution is 9.10. The molecule has 0 aromatic heterocycles. The van der Waals surface area contributed by atoms with Gasteiger partial charge in [0.05, 0.1) is 0 Å². The van der Waals surface area contributed by atoms with E-state index < -0.39 is 0 Å². The molecular weight excluding hydrogens is 559 g/mol. The van der Waals surface area contributed by atoms with Gasteiger partial charge in [-0.3, -0.25) is 0 Å². The quantitative estimate of drug-likeness (QED) is 0.199. The summed E-state index contributed by atoms with van der Waals surface area (Å²) in [6, 6.07) is 41.4. The first-order valence-electron chi connectivity index (χ1n) is 11.6. The van der Waals surface area contributed by atoms with E-state index in [9.17, 15) is 0 Å². The lowest BCUT2D eigenvalue weighted by molar-refractivity contribution is 1.25. The van der Waals surface area contributed by atoms with Crippen molar-refractivity contribution in [2.45, 2.75) is 0 Å². The van der Waals surface area contributed by atoms with Crippen LogP contribution in [0.25, 0.3) is 0 Å². The summed E-state index contributed by atoms with van der Waals surface area (Å²) in [4.78, 5) is 4.81. The lowest BCUT2D eigenvalue weighted by atomic mass is 9.33. The second kappa shape index (κ2) is 8.15. The monoisotopic (exact) mass is 576 g/mol. The van der Waals surface area contributed by atoms with E-state index in [0.29, 0.717) is 0 Å². The molecule has 0 unspecified atom stereocenters. The van der Waals surface area contributed by atoms with Crippen LogP contribution in [0.15, 0.2) is 124 Å². The Balaban J connectivity index is 1.59. The SMILES string of the molecule is Brc1ccc2c(c1)N(c1ccccc1)c1cccc3c1B2c1ccc(Br)cc1N3c1ccccc1. The van der Waals surface area contributed by atoms with Crippen molar-refractivity contribution < 1.29 is 0 Å². The molecule has 0 spiro atoms. The third kappa shape index (κ3) is 3.22. The van der Waals surface area contributed by atoms with Gasteiger partial charge in [-0.1, -0.05) is 86.5 Å². The average Bonchev–Trinajstić information content (AvgIpc) is 2.89. The van der Waals surface area contributed by atoms with Crippen molar-refractivity contribution in [3.8, 4) is 0 Å². The fourth-order valence-electron chi connectivity index (χ4n) is 5.58. The van der Waals surface area contributed by atoms with Crippen molar-refractivity contribution in [2.75, 3.05) is 9.80 Å². The lowest BCUT2D eigenvalue weighted by Crippen LogP contribution is -2.61. The molecule has 35 heavy (non-hydrogen) atoms. The number of hydrogen-bond donors (Lipinski definition) is 0. The maximum absolute atomic E-state index is 3.74. The predicted molar refractivity (Wildman–Crippen MR) is 156 cm³/mol. The van der Waals surface area contributed by atoms with Crippen LogP contribution in [0.4, 0.5) is 34.1 Å². The molecule has 0 saturated carbocycles. The predicted octanol–water partition coefficient (Wildman–Crippen LogP) is 7.29. The molecule has 5 aromatic rings. The molecule has 2 nitrogen and oxygen atoms in total. The van der Waals surface area contributed by atoms with E-state index in [1.54, 1.807) is 0 Å². The molecule has 7 rings (SSSR count). The molecule has 5 aromatic carbocycles. The summed E-state index contributed by atoms with van der Waals surface area (Å²) in [6.07, 6.45) is 0. The molecule has 0 radical (unpaired) electrons. The molecule has 0 saturated heterocycles. The molecule has 0 aliphatic carbocycles. The summed E-state index contributed by atoms with van der Waals surface area (Å²) >= 11 is 7.48. The fourth-order valence-corrected chi connectivity index (χ4v) is 6.28. The molecule has 5 heteroatoms. The molecule has 2 aliphatic rings. The highest BCUT2D eigenvalue weighted by atomic mass is 79.9. The van der Waals surface area contributed by atoms with Crippen LogP contribution in [-0.2, 0) is 0 Å². The van der Waals surface area contributed by atoms with Crippen molar-refractivity contribution in [3.05, 3.63) is 124 Å². The minimum absolute atomic E-state index is 0.146. The Morgan fingerprint density at radius 3 is 1.37 bits per heavy atom. The summed E-state index contributed by atoms with van der Waals surface area (Å²) in [6.45, 7) is 0.146. The number of halogens is 2. The molecule has 2 heterocycles. The Morgan fingerprint density at radius 1 is 0.457 bits per heavy atom. The fraction of sp³-hybridized carbons (Fsp3) is 0. The van der Waals surface area contributed by atoms with Gasteiger partial charge in [0.15, 0.2) is 0 Å². The Morgan fingerprint density at radius 2 is 0.914 bits per heavy atom. The maximum Gasteiger partial charge on any atom is 0.252 e. The second-order valence-electron chi connectivity index (χ2n) is 8.89. The van der Waals surface area contributed by atoms with E-state index in [4.69, 9.17) is 0 Å². The normalized spacial score (nSPS) is 13.3. The summed E-state index contributed by atoms with van der Waals surface area (Å²) in [5.41, 5.74) is 11.1. The minimum Gasteiger partial charge on any atom is -0.311 e. The van der Waals surface area contributed by atoms with Crippen LogP contribution < -0.4 is 26.2 Å². The van der Waals surface area contributed by atoms with Gasteiger partial charge in [0.1, 0.15) is 0 Å². The van der Waals surface area contributed by atoms with Crippen molar-refractivity contribution in [3.63, 3.8) is 0 Å². The molecule has 0 amide bonds. The van der Waals surface area contributed by atoms with Gasteiger partial charge in [0, 0.05) is 43.1 Å². The number of anilines is 6. The third-order valence-electron chi connectivity index (χ3n) is 6.95. The van der Waals surface area contributed by atoms with Crippen LogP contribution >= 0.6 is 31.9 Å². The summed E-state index contributed by atoms with van der Waals surface area (Å²) < 4.78 is 2.16. The first kappa shape index (κ1) is 21.0. The zero-order valence-corrected chi connectivity index (χ0v) is 21.9. The van der Waals surface area contributed by atoms with Crippen LogP contribution in [-0.4, -0.2) is 6.71 Å². The standard InChI is InChI=1S/C30H19BBr2N2/c32-20-14-16-24-28(18-20)34(22-8-3-1-4-9-22)26-12-7-13-27-30(26)31(24)25-17-15-21(33)19-29(25)35(27)23-10-5-2-6-11-23/h1-19H. The van der Waals surface area contributed by atoms with Crippen LogP contribution in [0, 0.1) is 0 Å². The van der Waals surface area contributed by atoms with E-state index in [1.807, 2.05) is 0 Å². The highest BCUT2D eigenvalue weighted by Crippen LogP contribution is 2.44. The largest absolute Gasteiger partial charge is 0.311 e. The van der Waals surface area contributed by atoms with Gasteiger partial charge in [-0.2, -0.15) is 0 Å². The molecule has 2 aliphatic heterocycles. The third-order valence-corrected chi connectivity index (χ3v) is 7.93. The van der Waals surface area contributed by atoms with Gasteiger partial charge in [0.25, 0.3) is 6.71 Å². The number of para-hydroxylation sites is 2. The summed E-state index contributed by atoms with van der Waals surface area (Å²) in [5.74, 6) is 0. The minimum atomic E-state index is 0.146. The van der Waals surface area contributed by atoms with E-state index >= 15 is 0 Å². The number of benzene rings is 5. The Bertz CT molecular complexity index is 1470. The van der Waals surface area contributed by atoms with Gasteiger partial charge in [-0.05, 0) is 77.1 Å². The van der Waals surface area contributed by atoms with Gasteiger partial charge < -0.3 is 9.80 Å². The molecular formula is C30H19BBr2N2. The zero-order valence-electron chi connectivity index (χ0n) is 18.7. The highest BCUT2D eigenvalue weighted by Gasteiger charge is 2.42. The Kier molecular flexibility index (Phi) is 4.90. The summed E-state index contributed by atoms with van der Waals surface area (Å²) in [7, 11) is 0. The molecule has 0 N–H and O–H groups in total. The van der Waals surface area contributed by atoms with Crippen LogP contribution in [0.1, 0.15) is 0 Å². The lowest BCUT2D eigenvalue weighted by Gasteiger charge is -2.44. The molecule has 166 valence electrons. The Labute approximate surface area is 222 Å². The first-order chi connectivity index (χ1) is 17.2. The number of rotatable bonds is 2. The molecule has 0 bridgehead atoms. The zero-order chi connectivity index (χ0) is 23.5. The second-order valence-corrected chi connectivity index (χ2v) is 10.7. The van der Waals surface area contributed by atoms with E-state index in [0.717, 1.165) is 20.3 Å². The van der Waals surface area contributed by atoms with Gasteiger partial charge in [0.2, 0.25) is 0 Å². The Hall–Kier alpha value is -3.28. The van der Waals surface area contributed by atoms with Crippen LogP contribution in [0.5, 0.6) is 0 Å². The van der Waals surface area contributed by atoms with Crippen LogP contribution in [0.2, 0.25) is 0 Å². The van der Waals surface area contributed by atoms with Crippen molar-refractivity contribution >= 4 is 89.1 Å². The number of fused-ring (bicyclic) bond motifs is 4. The van der Waals surface area contributed by atoms with Gasteiger partial charge in [-0.25, -0.2) is 0 Å². The van der Waals surface area contributed by atoms with E-state index in [-0.39, 0.29) is 6.71 Å². The van der Waals surface area contributed by atoms with E-state index in [1.165, 1.54) is 39.1 Å². The van der Waals surface area contributed by atoms with Gasteiger partial charge >= 0.3 is 0 Å². The average molecular weight is 578 g/mol. The number of hydrogen-bond acceptors (Lipinski definition) is 2. The van der Waals surface area contributed by atoms with Gasteiger partial charge in [-0.15, -0.1) is 0 Å². The maximum atomic E-state index is 3.74. The smallest absolute Gasteiger partial charge is 0.252 e. The topological polar surface area (TPSA) is 6.48 Å². The van der Waals surface area contributed by atoms with E-state index in [2.05, 4.69) is 157 Å². The molecule has 0 fully saturated rings.